The van der Waals surface area contributed by atoms with Crippen molar-refractivity contribution >= 4 is 11.8 Å². The Morgan fingerprint density at radius 1 is 1.62 bits per heavy atom. The Balaban J connectivity index is 2.21. The molecule has 0 radical (unpaired) electrons. The zero-order valence-corrected chi connectivity index (χ0v) is 9.86. The number of likely N-dealkylation sites (N-methyl/N-ethyl adjacent to an activating group) is 1. The fourth-order valence-electron chi connectivity index (χ4n) is 1.58. The summed E-state index contributed by atoms with van der Waals surface area (Å²) in [5, 5.41) is 3.57. The molecular formula is C10H22N2S. The van der Waals surface area contributed by atoms with Crippen molar-refractivity contribution in [2.24, 2.45) is 0 Å². The van der Waals surface area contributed by atoms with E-state index in [4.69, 9.17) is 0 Å². The van der Waals surface area contributed by atoms with E-state index in [2.05, 4.69) is 42.9 Å². The number of rotatable bonds is 4. The highest BCUT2D eigenvalue weighted by atomic mass is 32.2. The van der Waals surface area contributed by atoms with Crippen LogP contribution in [0.15, 0.2) is 0 Å². The van der Waals surface area contributed by atoms with Gasteiger partial charge in [-0.2, -0.15) is 11.8 Å². The topological polar surface area (TPSA) is 15.3 Å². The number of nitrogens with zero attached hydrogens (tertiary/aromatic N) is 1. The van der Waals surface area contributed by atoms with Gasteiger partial charge < -0.3 is 10.2 Å². The molecule has 0 aromatic carbocycles. The second-order valence-electron chi connectivity index (χ2n) is 3.92. The predicted octanol–water partition coefficient (Wildman–Crippen LogP) is 1.42. The Morgan fingerprint density at radius 3 is 2.92 bits per heavy atom. The molecule has 3 heteroatoms. The van der Waals surface area contributed by atoms with Crippen LogP contribution >= 0.6 is 11.8 Å². The van der Waals surface area contributed by atoms with Crippen LogP contribution in [0.4, 0.5) is 0 Å². The highest BCUT2D eigenvalue weighted by Gasteiger charge is 2.16. The molecular weight excluding hydrogens is 180 g/mol. The van der Waals surface area contributed by atoms with Crippen molar-refractivity contribution in [1.82, 2.24) is 10.2 Å². The molecule has 78 valence electrons. The van der Waals surface area contributed by atoms with Gasteiger partial charge in [0.15, 0.2) is 0 Å². The Kier molecular flexibility index (Phi) is 5.14. The van der Waals surface area contributed by atoms with Gasteiger partial charge in [-0.25, -0.2) is 0 Å². The fourth-order valence-corrected chi connectivity index (χ4v) is 2.51. The van der Waals surface area contributed by atoms with E-state index in [1.165, 1.54) is 31.0 Å². The highest BCUT2D eigenvalue weighted by molar-refractivity contribution is 7.99. The Bertz CT molecular complexity index is 135. The minimum absolute atomic E-state index is 0.706. The lowest BCUT2D eigenvalue weighted by atomic mass is 10.2. The van der Waals surface area contributed by atoms with Gasteiger partial charge in [-0.15, -0.1) is 0 Å². The van der Waals surface area contributed by atoms with Crippen molar-refractivity contribution in [3.05, 3.63) is 0 Å². The van der Waals surface area contributed by atoms with Crippen molar-refractivity contribution in [3.63, 3.8) is 0 Å². The van der Waals surface area contributed by atoms with E-state index in [1.54, 1.807) is 0 Å². The first-order valence-corrected chi connectivity index (χ1v) is 6.41. The lowest BCUT2D eigenvalue weighted by Crippen LogP contribution is -2.46. The summed E-state index contributed by atoms with van der Waals surface area (Å²) < 4.78 is 0. The van der Waals surface area contributed by atoms with Crippen molar-refractivity contribution < 1.29 is 0 Å². The second-order valence-corrected chi connectivity index (χ2v) is 5.07. The molecule has 0 aliphatic carbocycles. The van der Waals surface area contributed by atoms with Gasteiger partial charge >= 0.3 is 0 Å². The fraction of sp³-hybridized carbons (Fsp3) is 1.00. The Labute approximate surface area is 86.5 Å². The SMILES string of the molecule is CCC(C)N(C)CC1CSCCN1. The van der Waals surface area contributed by atoms with Crippen LogP contribution in [-0.2, 0) is 0 Å². The van der Waals surface area contributed by atoms with E-state index in [-0.39, 0.29) is 0 Å². The molecule has 0 aromatic heterocycles. The number of thioether (sulfide) groups is 1. The van der Waals surface area contributed by atoms with Gasteiger partial charge in [0.05, 0.1) is 0 Å². The molecule has 1 rings (SSSR count). The summed E-state index contributed by atoms with van der Waals surface area (Å²) in [7, 11) is 2.23. The van der Waals surface area contributed by atoms with Gasteiger partial charge in [0.25, 0.3) is 0 Å². The number of nitrogens with one attached hydrogen (secondary N) is 1. The van der Waals surface area contributed by atoms with Crippen LogP contribution in [0.2, 0.25) is 0 Å². The van der Waals surface area contributed by atoms with Crippen LogP contribution in [0.3, 0.4) is 0 Å². The maximum Gasteiger partial charge on any atom is 0.0285 e. The maximum absolute atomic E-state index is 3.57. The first kappa shape index (κ1) is 11.3. The minimum atomic E-state index is 0.706. The largest absolute Gasteiger partial charge is 0.311 e. The maximum atomic E-state index is 3.57. The first-order chi connectivity index (χ1) is 6.24. The van der Waals surface area contributed by atoms with Gasteiger partial charge in [0.2, 0.25) is 0 Å². The van der Waals surface area contributed by atoms with Crippen LogP contribution < -0.4 is 5.32 Å². The van der Waals surface area contributed by atoms with Gasteiger partial charge in [0.1, 0.15) is 0 Å². The highest BCUT2D eigenvalue weighted by Crippen LogP contribution is 2.10. The molecule has 0 spiro atoms. The summed E-state index contributed by atoms with van der Waals surface area (Å²) in [5.74, 6) is 2.56. The normalized spacial score (nSPS) is 26.3. The van der Waals surface area contributed by atoms with E-state index in [0.29, 0.717) is 12.1 Å². The van der Waals surface area contributed by atoms with E-state index in [1.807, 2.05) is 0 Å². The Hall–Kier alpha value is 0.270. The van der Waals surface area contributed by atoms with Crippen molar-refractivity contribution in [3.8, 4) is 0 Å². The van der Waals surface area contributed by atoms with E-state index >= 15 is 0 Å². The average molecular weight is 202 g/mol. The van der Waals surface area contributed by atoms with E-state index in [0.717, 1.165) is 0 Å². The molecule has 1 saturated heterocycles. The van der Waals surface area contributed by atoms with Crippen LogP contribution in [0.25, 0.3) is 0 Å². The quantitative estimate of drug-likeness (QED) is 0.742. The van der Waals surface area contributed by atoms with Crippen molar-refractivity contribution in [1.29, 1.82) is 0 Å². The summed E-state index contributed by atoms with van der Waals surface area (Å²) in [6, 6.07) is 1.42. The molecule has 2 nitrogen and oxygen atoms in total. The second kappa shape index (κ2) is 5.89. The first-order valence-electron chi connectivity index (χ1n) is 5.25. The van der Waals surface area contributed by atoms with Crippen LogP contribution in [-0.4, -0.2) is 48.6 Å². The number of hydrogen-bond donors (Lipinski definition) is 1. The third-order valence-electron chi connectivity index (χ3n) is 2.85. The summed E-state index contributed by atoms with van der Waals surface area (Å²) in [6.07, 6.45) is 1.25. The molecule has 1 fully saturated rings. The molecule has 0 saturated carbocycles. The van der Waals surface area contributed by atoms with Gasteiger partial charge in [-0.3, -0.25) is 0 Å². The third-order valence-corrected chi connectivity index (χ3v) is 3.98. The zero-order valence-electron chi connectivity index (χ0n) is 9.05. The smallest absolute Gasteiger partial charge is 0.0285 e. The molecule has 1 aliphatic rings. The average Bonchev–Trinajstić information content (AvgIpc) is 2.18. The number of hydrogen-bond acceptors (Lipinski definition) is 3. The van der Waals surface area contributed by atoms with Gasteiger partial charge in [-0.1, -0.05) is 6.92 Å². The summed E-state index contributed by atoms with van der Waals surface area (Å²) >= 11 is 2.08. The zero-order chi connectivity index (χ0) is 9.68. The molecule has 1 aliphatic heterocycles. The molecule has 2 unspecified atom stereocenters. The molecule has 0 aromatic rings. The molecule has 2 atom stereocenters. The van der Waals surface area contributed by atoms with Crippen LogP contribution in [0, 0.1) is 0 Å². The van der Waals surface area contributed by atoms with Crippen LogP contribution in [0.5, 0.6) is 0 Å². The van der Waals surface area contributed by atoms with E-state index < -0.39 is 0 Å². The lowest BCUT2D eigenvalue weighted by molar-refractivity contribution is 0.230. The molecule has 1 N–H and O–H groups in total. The summed E-state index contributed by atoms with van der Waals surface area (Å²) in [5.41, 5.74) is 0. The summed E-state index contributed by atoms with van der Waals surface area (Å²) in [6.45, 7) is 6.94. The third kappa shape index (κ3) is 3.88. The molecule has 1 heterocycles. The van der Waals surface area contributed by atoms with E-state index in [9.17, 15) is 0 Å². The molecule has 0 amide bonds. The van der Waals surface area contributed by atoms with Crippen LogP contribution in [0.1, 0.15) is 20.3 Å². The lowest BCUT2D eigenvalue weighted by Gasteiger charge is -2.31. The minimum Gasteiger partial charge on any atom is -0.311 e. The Morgan fingerprint density at radius 2 is 2.38 bits per heavy atom. The molecule has 0 bridgehead atoms. The standard InChI is InChI=1S/C10H22N2S/c1-4-9(2)12(3)7-10-8-13-6-5-11-10/h9-11H,4-8H2,1-3H3. The van der Waals surface area contributed by atoms with Crippen molar-refractivity contribution in [2.75, 3.05) is 31.6 Å². The van der Waals surface area contributed by atoms with Crippen molar-refractivity contribution in [2.45, 2.75) is 32.4 Å². The molecule has 13 heavy (non-hydrogen) atoms. The van der Waals surface area contributed by atoms with Gasteiger partial charge in [0, 0.05) is 36.7 Å². The summed E-state index contributed by atoms with van der Waals surface area (Å²) in [4.78, 5) is 2.46. The van der Waals surface area contributed by atoms with Gasteiger partial charge in [-0.05, 0) is 20.4 Å². The predicted molar refractivity (Wildman–Crippen MR) is 61.5 cm³/mol. The monoisotopic (exact) mass is 202 g/mol.